The molecule has 0 aliphatic carbocycles. The highest BCUT2D eigenvalue weighted by Crippen LogP contribution is 2.48. The zero-order valence-electron chi connectivity index (χ0n) is 8.14. The maximum absolute atomic E-state index is 12.7. The lowest BCUT2D eigenvalue weighted by atomic mass is 9.98. The third kappa shape index (κ3) is 2.48. The number of halogens is 7. The smallest absolute Gasteiger partial charge is 0.410 e. The lowest BCUT2D eigenvalue weighted by Gasteiger charge is -2.31. The first-order valence-electron chi connectivity index (χ1n) is 4.01. The molecule has 0 saturated carbocycles. The first-order valence-corrected chi connectivity index (χ1v) is 4.01. The summed E-state index contributed by atoms with van der Waals surface area (Å²) in [5, 5.41) is 15.6. The van der Waals surface area contributed by atoms with Gasteiger partial charge in [0, 0.05) is 0 Å². The van der Waals surface area contributed by atoms with Gasteiger partial charge in [-0.3, -0.25) is 4.79 Å². The van der Waals surface area contributed by atoms with Gasteiger partial charge >= 0.3 is 29.7 Å². The molecular formula is C7H5F7O4. The maximum Gasteiger partial charge on any atom is 0.410 e. The Morgan fingerprint density at radius 3 is 1.67 bits per heavy atom. The molecule has 0 aliphatic heterocycles. The molecule has 1 unspecified atom stereocenters. The van der Waals surface area contributed by atoms with Crippen LogP contribution in [0.2, 0.25) is 0 Å². The van der Waals surface area contributed by atoms with Gasteiger partial charge < -0.3 is 10.2 Å². The second kappa shape index (κ2) is 4.61. The van der Waals surface area contributed by atoms with Gasteiger partial charge in [0.1, 0.15) is 0 Å². The molecule has 0 bridgehead atoms. The summed E-state index contributed by atoms with van der Waals surface area (Å²) in [6, 6.07) is 0. The van der Waals surface area contributed by atoms with Gasteiger partial charge in [-0.2, -0.15) is 26.3 Å². The van der Waals surface area contributed by atoms with Crippen LogP contribution in [0.5, 0.6) is 0 Å². The predicted molar refractivity (Wildman–Crippen MR) is 39.6 cm³/mol. The Balaban J connectivity index is 5.44. The number of hydrogen-bond donors (Lipinski definition) is 2. The van der Waals surface area contributed by atoms with Crippen molar-refractivity contribution >= 4 is 11.9 Å². The van der Waals surface area contributed by atoms with E-state index < -0.39 is 42.3 Å². The molecule has 0 saturated heterocycles. The topological polar surface area (TPSA) is 74.6 Å². The average molecular weight is 286 g/mol. The maximum atomic E-state index is 12.7. The summed E-state index contributed by atoms with van der Waals surface area (Å²) in [7, 11) is 0. The molecule has 0 aliphatic rings. The first kappa shape index (κ1) is 16.4. The van der Waals surface area contributed by atoms with E-state index >= 15 is 0 Å². The van der Waals surface area contributed by atoms with Gasteiger partial charge in [0.25, 0.3) is 0 Å². The summed E-state index contributed by atoms with van der Waals surface area (Å²) in [6.45, 7) is 0. The normalized spacial score (nSPS) is 15.3. The minimum absolute atomic E-state index is 2.18. The quantitative estimate of drug-likeness (QED) is 0.730. The third-order valence-corrected chi connectivity index (χ3v) is 1.83. The van der Waals surface area contributed by atoms with Gasteiger partial charge in [-0.05, 0) is 0 Å². The molecule has 1 atom stereocenters. The Hall–Kier alpha value is -1.55. The summed E-state index contributed by atoms with van der Waals surface area (Å²) in [6.07, 6.45) is -6.35. The molecule has 2 N–H and O–H groups in total. The van der Waals surface area contributed by atoms with Crippen molar-refractivity contribution in [1.29, 1.82) is 0 Å². The van der Waals surface area contributed by atoms with Gasteiger partial charge in [0.15, 0.2) is 6.17 Å². The number of carbonyl (C=O) groups is 2. The van der Waals surface area contributed by atoms with Gasteiger partial charge in [0.2, 0.25) is 0 Å². The SMILES string of the molecule is O=C(O)CC(F)C(F)(F)C(F)(F)C(F)(F)C(=O)O. The Labute approximate surface area is 94.0 Å². The van der Waals surface area contributed by atoms with Crippen LogP contribution in [0.3, 0.4) is 0 Å². The van der Waals surface area contributed by atoms with Crippen LogP contribution in [0.4, 0.5) is 30.7 Å². The van der Waals surface area contributed by atoms with E-state index in [9.17, 15) is 40.3 Å². The van der Waals surface area contributed by atoms with Crippen molar-refractivity contribution in [1.82, 2.24) is 0 Å². The molecule has 0 spiro atoms. The number of aliphatic carboxylic acids is 2. The summed E-state index contributed by atoms with van der Waals surface area (Å²) < 4.78 is 87.9. The van der Waals surface area contributed by atoms with Crippen LogP contribution in [-0.4, -0.2) is 46.1 Å². The van der Waals surface area contributed by atoms with Crippen molar-refractivity contribution in [2.45, 2.75) is 30.4 Å². The highest BCUT2D eigenvalue weighted by atomic mass is 19.3. The second-order valence-corrected chi connectivity index (χ2v) is 3.14. The van der Waals surface area contributed by atoms with E-state index in [1.807, 2.05) is 0 Å². The lowest BCUT2D eigenvalue weighted by Crippen LogP contribution is -2.61. The van der Waals surface area contributed by atoms with Crippen molar-refractivity contribution in [3.05, 3.63) is 0 Å². The zero-order valence-corrected chi connectivity index (χ0v) is 8.14. The standard InChI is InChI=1S/C7H5F7O4/c8-2(1-3(15)16)5(9,10)7(13,14)6(11,12)4(17)18/h2H,1H2,(H,15,16)(H,17,18). The molecule has 0 aromatic heterocycles. The largest absolute Gasteiger partial charge is 0.481 e. The van der Waals surface area contributed by atoms with Gasteiger partial charge in [-0.25, -0.2) is 9.18 Å². The van der Waals surface area contributed by atoms with E-state index in [1.54, 1.807) is 0 Å². The molecule has 11 heteroatoms. The molecule has 106 valence electrons. The molecule has 0 radical (unpaired) electrons. The molecule has 0 rings (SSSR count). The van der Waals surface area contributed by atoms with Crippen LogP contribution in [0.25, 0.3) is 0 Å². The van der Waals surface area contributed by atoms with E-state index in [0.29, 0.717) is 0 Å². The van der Waals surface area contributed by atoms with Crippen molar-refractivity contribution in [2.24, 2.45) is 0 Å². The Morgan fingerprint density at radius 1 is 1.00 bits per heavy atom. The van der Waals surface area contributed by atoms with Crippen molar-refractivity contribution in [3.63, 3.8) is 0 Å². The molecule has 18 heavy (non-hydrogen) atoms. The summed E-state index contributed by atoms with van der Waals surface area (Å²) in [5.74, 6) is -24.9. The van der Waals surface area contributed by atoms with Crippen molar-refractivity contribution in [2.75, 3.05) is 0 Å². The van der Waals surface area contributed by atoms with Crippen LogP contribution in [-0.2, 0) is 9.59 Å². The van der Waals surface area contributed by atoms with Crippen LogP contribution in [0, 0.1) is 0 Å². The minimum Gasteiger partial charge on any atom is -0.481 e. The monoisotopic (exact) mass is 286 g/mol. The van der Waals surface area contributed by atoms with Gasteiger partial charge in [-0.15, -0.1) is 0 Å². The van der Waals surface area contributed by atoms with Crippen LogP contribution >= 0.6 is 0 Å². The van der Waals surface area contributed by atoms with E-state index in [0.717, 1.165) is 0 Å². The van der Waals surface area contributed by atoms with Crippen molar-refractivity contribution in [3.8, 4) is 0 Å². The zero-order chi connectivity index (χ0) is 14.9. The van der Waals surface area contributed by atoms with Crippen molar-refractivity contribution < 1.29 is 50.5 Å². The third-order valence-electron chi connectivity index (χ3n) is 1.83. The number of carboxylic acid groups (broad SMARTS) is 2. The van der Waals surface area contributed by atoms with E-state index in [4.69, 9.17) is 10.2 Å². The van der Waals surface area contributed by atoms with Crippen LogP contribution < -0.4 is 0 Å². The fourth-order valence-corrected chi connectivity index (χ4v) is 0.822. The van der Waals surface area contributed by atoms with E-state index in [-0.39, 0.29) is 0 Å². The predicted octanol–water partition coefficient (Wildman–Crippen LogP) is 1.79. The number of alkyl halides is 7. The molecule has 0 fully saturated rings. The average Bonchev–Trinajstić information content (AvgIpc) is 2.15. The molecular weight excluding hydrogens is 281 g/mol. The van der Waals surface area contributed by atoms with Gasteiger partial charge in [-0.1, -0.05) is 0 Å². The fraction of sp³-hybridized carbons (Fsp3) is 0.714. The number of rotatable bonds is 6. The summed E-state index contributed by atoms with van der Waals surface area (Å²) >= 11 is 0. The molecule has 0 aromatic rings. The van der Waals surface area contributed by atoms with E-state index in [1.165, 1.54) is 0 Å². The van der Waals surface area contributed by atoms with Gasteiger partial charge in [0.05, 0.1) is 6.42 Å². The minimum atomic E-state index is -6.58. The number of carboxylic acids is 2. The summed E-state index contributed by atoms with van der Waals surface area (Å²) in [4.78, 5) is 19.6. The Morgan fingerprint density at radius 2 is 1.39 bits per heavy atom. The lowest BCUT2D eigenvalue weighted by molar-refractivity contribution is -0.318. The molecule has 0 heterocycles. The molecule has 4 nitrogen and oxygen atoms in total. The highest BCUT2D eigenvalue weighted by molar-refractivity contribution is 5.77. The van der Waals surface area contributed by atoms with Crippen LogP contribution in [0.1, 0.15) is 6.42 Å². The highest BCUT2D eigenvalue weighted by Gasteiger charge is 2.77. The van der Waals surface area contributed by atoms with Crippen LogP contribution in [0.15, 0.2) is 0 Å². The first-order chi connectivity index (χ1) is 7.78. The summed E-state index contributed by atoms with van der Waals surface area (Å²) in [5.41, 5.74) is 0. The molecule has 0 aromatic carbocycles. The Kier molecular flexibility index (Phi) is 4.21. The number of hydrogen-bond acceptors (Lipinski definition) is 2. The fourth-order valence-electron chi connectivity index (χ4n) is 0.822. The van der Waals surface area contributed by atoms with E-state index in [2.05, 4.69) is 0 Å². The Bertz CT molecular complexity index is 354. The molecule has 0 amide bonds. The second-order valence-electron chi connectivity index (χ2n) is 3.14.